The summed E-state index contributed by atoms with van der Waals surface area (Å²) in [5.74, 6) is -0.841. The van der Waals surface area contributed by atoms with Gasteiger partial charge in [0, 0.05) is 19.7 Å². The Labute approximate surface area is 167 Å². The lowest BCUT2D eigenvalue weighted by Gasteiger charge is -2.21. The maximum absolute atomic E-state index is 13.4. The molecular formula is C21H21FN2O5. The van der Waals surface area contributed by atoms with Crippen LogP contribution >= 0.6 is 0 Å². The Morgan fingerprint density at radius 1 is 1.03 bits per heavy atom. The van der Waals surface area contributed by atoms with E-state index >= 15 is 0 Å². The molecule has 0 aliphatic carbocycles. The first-order chi connectivity index (χ1) is 13.9. The first kappa shape index (κ1) is 20.3. The average molecular weight is 400 g/mol. The van der Waals surface area contributed by atoms with Crippen molar-refractivity contribution in [2.45, 2.75) is 0 Å². The van der Waals surface area contributed by atoms with Crippen molar-refractivity contribution in [3.05, 3.63) is 59.5 Å². The van der Waals surface area contributed by atoms with E-state index in [1.165, 1.54) is 49.5 Å². The highest BCUT2D eigenvalue weighted by molar-refractivity contribution is 6.45. The molecule has 0 saturated carbocycles. The fourth-order valence-corrected chi connectivity index (χ4v) is 3.20. The number of likely N-dealkylation sites (N-methyl/N-ethyl adjacent to an activating group) is 1. The van der Waals surface area contributed by atoms with Crippen molar-refractivity contribution in [1.29, 1.82) is 0 Å². The number of ether oxygens (including phenoxy) is 2. The number of methoxy groups -OCH3 is 2. The van der Waals surface area contributed by atoms with E-state index in [9.17, 15) is 19.1 Å². The van der Waals surface area contributed by atoms with Gasteiger partial charge in [-0.05, 0) is 29.8 Å². The minimum atomic E-state index is -0.576. The molecule has 0 bridgehead atoms. The van der Waals surface area contributed by atoms with Gasteiger partial charge in [-0.1, -0.05) is 12.1 Å². The summed E-state index contributed by atoms with van der Waals surface area (Å²) in [4.78, 5) is 29.2. The highest BCUT2D eigenvalue weighted by atomic mass is 19.1. The van der Waals surface area contributed by atoms with Gasteiger partial charge in [-0.2, -0.15) is 0 Å². The van der Waals surface area contributed by atoms with Gasteiger partial charge in [-0.25, -0.2) is 9.29 Å². The van der Waals surface area contributed by atoms with Crippen LogP contribution in [0.4, 0.5) is 10.1 Å². The summed E-state index contributed by atoms with van der Waals surface area (Å²) in [7, 11) is 4.51. The smallest absolute Gasteiger partial charge is 0.282 e. The van der Waals surface area contributed by atoms with E-state index in [1.54, 1.807) is 19.2 Å². The van der Waals surface area contributed by atoms with Gasteiger partial charge in [0.25, 0.3) is 11.8 Å². The van der Waals surface area contributed by atoms with Crippen LogP contribution in [-0.2, 0) is 9.59 Å². The number of hydrogen-bond acceptors (Lipinski definition) is 6. The Bertz CT molecular complexity index is 972. The van der Waals surface area contributed by atoms with Crippen LogP contribution in [-0.4, -0.2) is 56.2 Å². The van der Waals surface area contributed by atoms with Crippen LogP contribution < -0.4 is 14.4 Å². The van der Waals surface area contributed by atoms with Crippen LogP contribution in [0.2, 0.25) is 0 Å². The molecule has 8 heteroatoms. The molecule has 152 valence electrons. The van der Waals surface area contributed by atoms with Crippen LogP contribution in [0, 0.1) is 5.82 Å². The van der Waals surface area contributed by atoms with Gasteiger partial charge < -0.3 is 19.5 Å². The number of nitrogens with zero attached hydrogens (tertiary/aromatic N) is 2. The molecule has 1 heterocycles. The lowest BCUT2D eigenvalue weighted by molar-refractivity contribution is -0.120. The second-order valence-electron chi connectivity index (χ2n) is 6.36. The molecule has 2 aromatic rings. The summed E-state index contributed by atoms with van der Waals surface area (Å²) in [6.45, 7) is -0.0667. The SMILES string of the molecule is COc1ccc(OC)c(N2C(=O)C(c3ccc(F)cc3)=C(N(C)CCO)C2=O)c1. The molecule has 29 heavy (non-hydrogen) atoms. The second kappa shape index (κ2) is 8.32. The monoisotopic (exact) mass is 400 g/mol. The molecule has 0 unspecified atom stereocenters. The largest absolute Gasteiger partial charge is 0.497 e. The van der Waals surface area contributed by atoms with Gasteiger partial charge in [0.2, 0.25) is 0 Å². The zero-order valence-corrected chi connectivity index (χ0v) is 16.3. The molecule has 1 aliphatic rings. The molecular weight excluding hydrogens is 379 g/mol. The number of aliphatic hydroxyl groups excluding tert-OH is 1. The number of aliphatic hydroxyl groups is 1. The van der Waals surface area contributed by atoms with E-state index in [4.69, 9.17) is 9.47 Å². The van der Waals surface area contributed by atoms with Crippen LogP contribution in [0.5, 0.6) is 11.5 Å². The van der Waals surface area contributed by atoms with Gasteiger partial charge in [0.1, 0.15) is 23.0 Å². The lowest BCUT2D eigenvalue weighted by Crippen LogP contribution is -2.35. The molecule has 3 rings (SSSR count). The van der Waals surface area contributed by atoms with Crippen molar-refractivity contribution in [3.63, 3.8) is 0 Å². The molecule has 7 nitrogen and oxygen atoms in total. The third-order valence-electron chi connectivity index (χ3n) is 4.64. The summed E-state index contributed by atoms with van der Waals surface area (Å²) < 4.78 is 23.9. The average Bonchev–Trinajstić information content (AvgIpc) is 2.98. The third-order valence-corrected chi connectivity index (χ3v) is 4.64. The topological polar surface area (TPSA) is 79.3 Å². The Kier molecular flexibility index (Phi) is 5.84. The molecule has 0 fully saturated rings. The van der Waals surface area contributed by atoms with E-state index < -0.39 is 17.6 Å². The zero-order chi connectivity index (χ0) is 21.1. The van der Waals surface area contributed by atoms with Crippen molar-refractivity contribution in [3.8, 4) is 11.5 Å². The molecule has 0 atom stereocenters. The summed E-state index contributed by atoms with van der Waals surface area (Å²) in [5.41, 5.74) is 0.860. The normalized spacial score (nSPS) is 13.9. The van der Waals surface area contributed by atoms with Crippen molar-refractivity contribution >= 4 is 23.1 Å². The van der Waals surface area contributed by atoms with Crippen LogP contribution in [0.15, 0.2) is 48.2 Å². The fourth-order valence-electron chi connectivity index (χ4n) is 3.20. The molecule has 0 aromatic heterocycles. The number of rotatable bonds is 7. The predicted molar refractivity (Wildman–Crippen MR) is 105 cm³/mol. The number of benzene rings is 2. The number of halogens is 1. The summed E-state index contributed by atoms with van der Waals surface area (Å²) >= 11 is 0. The van der Waals surface area contributed by atoms with E-state index in [0.717, 1.165) is 4.90 Å². The summed E-state index contributed by atoms with van der Waals surface area (Å²) in [6, 6.07) is 10.1. The molecule has 0 radical (unpaired) electrons. The molecule has 1 N–H and O–H groups in total. The Morgan fingerprint density at radius 3 is 2.31 bits per heavy atom. The molecule has 1 aliphatic heterocycles. The zero-order valence-electron chi connectivity index (χ0n) is 16.3. The van der Waals surface area contributed by atoms with Crippen molar-refractivity contribution in [2.75, 3.05) is 39.3 Å². The molecule has 2 amide bonds. The van der Waals surface area contributed by atoms with Crippen molar-refractivity contribution < 1.29 is 28.6 Å². The van der Waals surface area contributed by atoms with E-state index in [0.29, 0.717) is 17.1 Å². The number of carbonyl (C=O) groups excluding carboxylic acids is 2. The maximum Gasteiger partial charge on any atom is 0.282 e. The van der Waals surface area contributed by atoms with E-state index in [-0.39, 0.29) is 30.1 Å². The van der Waals surface area contributed by atoms with Gasteiger partial charge in [-0.3, -0.25) is 9.59 Å². The molecule has 0 saturated heterocycles. The van der Waals surface area contributed by atoms with E-state index in [2.05, 4.69) is 0 Å². The minimum absolute atomic E-state index is 0.112. The third kappa shape index (κ3) is 3.66. The minimum Gasteiger partial charge on any atom is -0.497 e. The number of imide groups is 1. The van der Waals surface area contributed by atoms with Crippen molar-refractivity contribution in [1.82, 2.24) is 4.90 Å². The molecule has 2 aromatic carbocycles. The Hall–Kier alpha value is -3.39. The first-order valence-electron chi connectivity index (χ1n) is 8.86. The van der Waals surface area contributed by atoms with Crippen molar-refractivity contribution in [2.24, 2.45) is 0 Å². The van der Waals surface area contributed by atoms with Crippen LogP contribution in [0.1, 0.15) is 5.56 Å². The highest BCUT2D eigenvalue weighted by Gasteiger charge is 2.42. The standard InChI is InChI=1S/C21H21FN2O5/c1-23(10-11-25)19-18(13-4-6-14(22)7-5-13)20(26)24(21(19)27)16-12-15(28-2)8-9-17(16)29-3/h4-9,12,25H,10-11H2,1-3H3. The summed E-state index contributed by atoms with van der Waals surface area (Å²) in [5, 5.41) is 9.32. The van der Waals surface area contributed by atoms with Crippen LogP contribution in [0.25, 0.3) is 5.57 Å². The van der Waals surface area contributed by atoms with E-state index in [1.807, 2.05) is 0 Å². The first-order valence-corrected chi connectivity index (χ1v) is 8.86. The number of anilines is 1. The van der Waals surface area contributed by atoms with Crippen LogP contribution in [0.3, 0.4) is 0 Å². The quantitative estimate of drug-likeness (QED) is 0.717. The maximum atomic E-state index is 13.4. The number of amides is 2. The van der Waals surface area contributed by atoms with Gasteiger partial charge >= 0.3 is 0 Å². The fraction of sp³-hybridized carbons (Fsp3) is 0.238. The number of carbonyl (C=O) groups is 2. The predicted octanol–water partition coefficient (Wildman–Crippen LogP) is 2.05. The lowest BCUT2D eigenvalue weighted by atomic mass is 10.0. The second-order valence-corrected chi connectivity index (χ2v) is 6.36. The van der Waals surface area contributed by atoms with Gasteiger partial charge in [-0.15, -0.1) is 0 Å². The van der Waals surface area contributed by atoms with Gasteiger partial charge in [0.15, 0.2) is 0 Å². The molecule has 0 spiro atoms. The highest BCUT2D eigenvalue weighted by Crippen LogP contribution is 2.40. The summed E-state index contributed by atoms with van der Waals surface area (Å²) in [6.07, 6.45) is 0. The Morgan fingerprint density at radius 2 is 1.72 bits per heavy atom. The van der Waals surface area contributed by atoms with Gasteiger partial charge in [0.05, 0.1) is 32.1 Å². The Balaban J connectivity index is 2.17. The number of hydrogen-bond donors (Lipinski definition) is 1.